The summed E-state index contributed by atoms with van der Waals surface area (Å²) in [4.78, 5) is 15.1. The van der Waals surface area contributed by atoms with E-state index in [1.54, 1.807) is 11.3 Å². The van der Waals surface area contributed by atoms with E-state index in [0.29, 0.717) is 13.1 Å². The first-order valence-corrected chi connectivity index (χ1v) is 9.39. The number of para-hydroxylation sites is 2. The maximum Gasteiger partial charge on any atom is 0.192 e. The van der Waals surface area contributed by atoms with Gasteiger partial charge in [0.2, 0.25) is 0 Å². The summed E-state index contributed by atoms with van der Waals surface area (Å²) < 4.78 is 2.09. The molecule has 0 saturated heterocycles. The topological polar surface area (TPSA) is 67.1 Å². The SMILES string of the molecule is CCNC(=NCc1nc2ccccc2n1C)NCc1ncc(CC)s1. The van der Waals surface area contributed by atoms with Gasteiger partial charge in [0.1, 0.15) is 17.4 Å². The highest BCUT2D eigenvalue weighted by molar-refractivity contribution is 7.11. The van der Waals surface area contributed by atoms with E-state index in [4.69, 9.17) is 0 Å². The number of fused-ring (bicyclic) bond motifs is 1. The first kappa shape index (κ1) is 17.4. The van der Waals surface area contributed by atoms with E-state index < -0.39 is 0 Å². The van der Waals surface area contributed by atoms with Crippen molar-refractivity contribution in [2.45, 2.75) is 33.4 Å². The van der Waals surface area contributed by atoms with Crippen molar-refractivity contribution in [3.8, 4) is 0 Å². The van der Waals surface area contributed by atoms with E-state index in [2.05, 4.69) is 50.1 Å². The second kappa shape index (κ2) is 8.11. The van der Waals surface area contributed by atoms with Crippen LogP contribution in [0.4, 0.5) is 0 Å². The van der Waals surface area contributed by atoms with Crippen LogP contribution >= 0.6 is 11.3 Å². The largest absolute Gasteiger partial charge is 0.357 e. The molecule has 25 heavy (non-hydrogen) atoms. The van der Waals surface area contributed by atoms with Crippen molar-refractivity contribution in [2.75, 3.05) is 6.54 Å². The summed E-state index contributed by atoms with van der Waals surface area (Å²) in [5.41, 5.74) is 2.13. The molecule has 0 saturated carbocycles. The van der Waals surface area contributed by atoms with Gasteiger partial charge < -0.3 is 15.2 Å². The molecule has 0 spiro atoms. The monoisotopic (exact) mass is 356 g/mol. The Balaban J connectivity index is 1.69. The minimum absolute atomic E-state index is 0.526. The molecule has 1 aromatic carbocycles. The Morgan fingerprint density at radius 1 is 1.24 bits per heavy atom. The molecule has 0 radical (unpaired) electrons. The van der Waals surface area contributed by atoms with E-state index in [1.807, 2.05) is 31.4 Å². The van der Waals surface area contributed by atoms with Crippen molar-refractivity contribution in [2.24, 2.45) is 12.0 Å². The van der Waals surface area contributed by atoms with Gasteiger partial charge in [-0.3, -0.25) is 0 Å². The number of thiazole rings is 1. The smallest absolute Gasteiger partial charge is 0.192 e. The van der Waals surface area contributed by atoms with E-state index in [9.17, 15) is 0 Å². The lowest BCUT2D eigenvalue weighted by Crippen LogP contribution is -2.36. The molecule has 132 valence electrons. The number of imidazole rings is 1. The van der Waals surface area contributed by atoms with Gasteiger partial charge in [0.15, 0.2) is 5.96 Å². The zero-order valence-corrected chi connectivity index (χ0v) is 15.7. The molecule has 0 unspecified atom stereocenters. The summed E-state index contributed by atoms with van der Waals surface area (Å²) in [5, 5.41) is 7.70. The van der Waals surface area contributed by atoms with Gasteiger partial charge >= 0.3 is 0 Å². The Labute approximate surface area is 152 Å². The molecular formula is C18H24N6S. The zero-order valence-electron chi connectivity index (χ0n) is 14.9. The predicted octanol–water partition coefficient (Wildman–Crippen LogP) is 2.85. The van der Waals surface area contributed by atoms with Crippen molar-refractivity contribution in [3.63, 3.8) is 0 Å². The lowest BCUT2D eigenvalue weighted by Gasteiger charge is -2.10. The van der Waals surface area contributed by atoms with Crippen molar-refractivity contribution in [3.05, 3.63) is 46.2 Å². The lowest BCUT2D eigenvalue weighted by molar-refractivity contribution is 0.776. The third-order valence-electron chi connectivity index (χ3n) is 3.96. The van der Waals surface area contributed by atoms with Crippen LogP contribution in [0.3, 0.4) is 0 Å². The fraction of sp³-hybridized carbons (Fsp3) is 0.389. The fourth-order valence-corrected chi connectivity index (χ4v) is 3.38. The maximum atomic E-state index is 4.67. The van der Waals surface area contributed by atoms with Crippen molar-refractivity contribution in [1.82, 2.24) is 25.2 Å². The number of rotatable bonds is 6. The van der Waals surface area contributed by atoms with Gasteiger partial charge in [-0.2, -0.15) is 0 Å². The first-order chi connectivity index (χ1) is 12.2. The highest BCUT2D eigenvalue weighted by Gasteiger charge is 2.07. The Morgan fingerprint density at radius 3 is 2.80 bits per heavy atom. The molecule has 7 heteroatoms. The van der Waals surface area contributed by atoms with Crippen molar-refractivity contribution >= 4 is 28.3 Å². The van der Waals surface area contributed by atoms with Crippen molar-refractivity contribution < 1.29 is 0 Å². The van der Waals surface area contributed by atoms with Gasteiger partial charge in [-0.15, -0.1) is 11.3 Å². The summed E-state index contributed by atoms with van der Waals surface area (Å²) in [5.74, 6) is 1.73. The number of hydrogen-bond acceptors (Lipinski definition) is 4. The molecule has 0 amide bonds. The van der Waals surface area contributed by atoms with Gasteiger partial charge in [0.05, 0.1) is 17.6 Å². The standard InChI is InChI=1S/C18H24N6S/c1-4-13-10-20-17(25-13)12-22-18(19-5-2)21-11-16-23-14-8-6-7-9-15(14)24(16)3/h6-10H,4-5,11-12H2,1-3H3,(H2,19,21,22). The van der Waals surface area contributed by atoms with Crippen LogP contribution in [-0.4, -0.2) is 27.0 Å². The Morgan fingerprint density at radius 2 is 2.08 bits per heavy atom. The van der Waals surface area contributed by atoms with E-state index >= 15 is 0 Å². The van der Waals surface area contributed by atoms with E-state index in [0.717, 1.165) is 40.8 Å². The summed E-state index contributed by atoms with van der Waals surface area (Å²) in [6.45, 7) is 6.22. The molecule has 6 nitrogen and oxygen atoms in total. The third-order valence-corrected chi connectivity index (χ3v) is 5.10. The summed E-state index contributed by atoms with van der Waals surface area (Å²) in [6, 6.07) is 8.14. The summed E-state index contributed by atoms with van der Waals surface area (Å²) in [6.07, 6.45) is 2.98. The molecule has 2 heterocycles. The minimum Gasteiger partial charge on any atom is -0.357 e. The third kappa shape index (κ3) is 4.17. The molecule has 2 N–H and O–H groups in total. The average molecular weight is 356 g/mol. The van der Waals surface area contributed by atoms with Crippen molar-refractivity contribution in [1.29, 1.82) is 0 Å². The highest BCUT2D eigenvalue weighted by Crippen LogP contribution is 2.15. The number of nitrogens with one attached hydrogen (secondary N) is 2. The average Bonchev–Trinajstić information content (AvgIpc) is 3.22. The quantitative estimate of drug-likeness (QED) is 0.526. The van der Waals surface area contributed by atoms with E-state index in [-0.39, 0.29) is 0 Å². The second-order valence-electron chi connectivity index (χ2n) is 5.70. The molecule has 0 atom stereocenters. The Bertz CT molecular complexity index is 863. The predicted molar refractivity (Wildman–Crippen MR) is 104 cm³/mol. The van der Waals surface area contributed by atoms with Crippen LogP contribution in [0.15, 0.2) is 35.5 Å². The molecule has 2 aromatic heterocycles. The maximum absolute atomic E-state index is 4.67. The molecular weight excluding hydrogens is 332 g/mol. The summed E-state index contributed by atoms with van der Waals surface area (Å²) in [7, 11) is 2.03. The molecule has 3 rings (SSSR count). The number of aryl methyl sites for hydroxylation is 2. The minimum atomic E-state index is 0.526. The van der Waals surface area contributed by atoms with Crippen LogP contribution < -0.4 is 10.6 Å². The second-order valence-corrected chi connectivity index (χ2v) is 6.90. The normalized spacial score (nSPS) is 11.9. The lowest BCUT2D eigenvalue weighted by atomic mass is 10.3. The number of guanidine groups is 1. The molecule has 3 aromatic rings. The number of nitrogens with zero attached hydrogens (tertiary/aromatic N) is 4. The van der Waals surface area contributed by atoms with Gasteiger partial charge in [-0.05, 0) is 25.5 Å². The zero-order chi connectivity index (χ0) is 17.6. The fourth-order valence-electron chi connectivity index (χ4n) is 2.58. The number of aromatic nitrogens is 3. The van der Waals surface area contributed by atoms with Gasteiger partial charge in [0, 0.05) is 24.7 Å². The number of hydrogen-bond donors (Lipinski definition) is 2. The number of benzene rings is 1. The van der Waals surface area contributed by atoms with E-state index in [1.165, 1.54) is 4.88 Å². The van der Waals surface area contributed by atoms with Crippen LogP contribution in [0.25, 0.3) is 11.0 Å². The van der Waals surface area contributed by atoms with Crippen LogP contribution in [0.1, 0.15) is 29.6 Å². The molecule has 0 aliphatic carbocycles. The van der Waals surface area contributed by atoms with Crippen LogP contribution in [0.2, 0.25) is 0 Å². The molecule has 0 aliphatic heterocycles. The number of aliphatic imine (C=N–C) groups is 1. The first-order valence-electron chi connectivity index (χ1n) is 8.57. The Hall–Kier alpha value is -2.41. The molecule has 0 aliphatic rings. The van der Waals surface area contributed by atoms with Crippen LogP contribution in [0.5, 0.6) is 0 Å². The highest BCUT2D eigenvalue weighted by atomic mass is 32.1. The van der Waals surface area contributed by atoms with Crippen LogP contribution in [-0.2, 0) is 26.6 Å². The molecule has 0 fully saturated rings. The van der Waals surface area contributed by atoms with Gasteiger partial charge in [0.25, 0.3) is 0 Å². The van der Waals surface area contributed by atoms with Crippen LogP contribution in [0, 0.1) is 0 Å². The summed E-state index contributed by atoms with van der Waals surface area (Å²) >= 11 is 1.74. The molecule has 0 bridgehead atoms. The Kier molecular flexibility index (Phi) is 5.65. The van der Waals surface area contributed by atoms with Gasteiger partial charge in [-0.1, -0.05) is 19.1 Å². The van der Waals surface area contributed by atoms with Gasteiger partial charge in [-0.25, -0.2) is 15.0 Å².